The van der Waals surface area contributed by atoms with Crippen LogP contribution >= 0.6 is 0 Å². The van der Waals surface area contributed by atoms with Crippen molar-refractivity contribution in [3.05, 3.63) is 35.1 Å². The number of nitrogens with zero attached hydrogens (tertiary/aromatic N) is 1. The molecule has 0 fully saturated rings. The molecule has 0 N–H and O–H groups in total. The van der Waals surface area contributed by atoms with Crippen LogP contribution in [-0.2, 0) is 17.5 Å². The molecule has 0 aromatic heterocycles. The average Bonchev–Trinajstić information content (AvgIpc) is 2.22. The van der Waals surface area contributed by atoms with E-state index in [4.69, 9.17) is 0 Å². The molecule has 0 aliphatic rings. The Labute approximate surface area is 111 Å². The fraction of sp³-hybridized carbons (Fsp3) is 0.417. The number of hydrogen-bond donors (Lipinski definition) is 0. The van der Waals surface area contributed by atoms with Crippen molar-refractivity contribution in [1.82, 2.24) is 0 Å². The molecule has 0 spiro atoms. The molecule has 0 heterocycles. The highest BCUT2D eigenvalue weighted by atomic mass is 32.2. The lowest BCUT2D eigenvalue weighted by molar-refractivity contribution is -0.140. The average molecular weight is 295 g/mol. The Balaban J connectivity index is 2.94. The minimum atomic E-state index is -4.73. The first-order valence-electron chi connectivity index (χ1n) is 5.34. The van der Waals surface area contributed by atoms with Gasteiger partial charge in [-0.15, -0.1) is 0 Å². The number of hydrogen-bond acceptors (Lipinski definition) is 2. The first-order chi connectivity index (χ1) is 8.51. The van der Waals surface area contributed by atoms with Gasteiger partial charge in [-0.2, -0.15) is 13.2 Å². The monoisotopic (exact) mass is 295 g/mol. The first kappa shape index (κ1) is 16.0. The van der Waals surface area contributed by atoms with E-state index in [9.17, 15) is 22.1 Å². The van der Waals surface area contributed by atoms with Crippen LogP contribution in [0.5, 0.6) is 0 Å². The van der Waals surface area contributed by atoms with Crippen LogP contribution in [0.1, 0.15) is 31.9 Å². The lowest BCUT2D eigenvalue weighted by Gasteiger charge is -2.17. The van der Waals surface area contributed by atoms with Crippen LogP contribution in [0.15, 0.2) is 22.6 Å². The molecule has 1 aromatic rings. The third-order valence-corrected chi connectivity index (χ3v) is 3.46. The van der Waals surface area contributed by atoms with Gasteiger partial charge in [-0.1, -0.05) is 10.5 Å². The molecule has 1 atom stereocenters. The van der Waals surface area contributed by atoms with Gasteiger partial charge in [0.1, 0.15) is 21.9 Å². The van der Waals surface area contributed by atoms with Crippen molar-refractivity contribution in [2.24, 2.45) is 4.40 Å². The molecular weight excluding hydrogens is 282 g/mol. The van der Waals surface area contributed by atoms with E-state index >= 15 is 0 Å². The Kier molecular flexibility index (Phi) is 4.63. The van der Waals surface area contributed by atoms with Crippen molar-refractivity contribution in [2.75, 3.05) is 0 Å². The largest absolute Gasteiger partial charge is 0.591 e. The quantitative estimate of drug-likeness (QED) is 0.465. The van der Waals surface area contributed by atoms with Crippen LogP contribution in [0.3, 0.4) is 0 Å². The third-order valence-electron chi connectivity index (χ3n) is 2.12. The molecule has 106 valence electrons. The summed E-state index contributed by atoms with van der Waals surface area (Å²) < 4.78 is 64.9. The molecule has 0 aliphatic heterocycles. The molecule has 1 rings (SSSR count). The zero-order valence-corrected chi connectivity index (χ0v) is 11.4. The predicted octanol–water partition coefficient (Wildman–Crippen LogP) is 3.73. The zero-order chi connectivity index (χ0) is 14.8. The van der Waals surface area contributed by atoms with E-state index in [0.29, 0.717) is 12.1 Å². The zero-order valence-electron chi connectivity index (χ0n) is 10.6. The van der Waals surface area contributed by atoms with Crippen LogP contribution in [-0.4, -0.2) is 15.5 Å². The number of rotatable bonds is 2. The maximum absolute atomic E-state index is 13.2. The topological polar surface area (TPSA) is 35.4 Å². The molecule has 0 saturated heterocycles. The summed E-state index contributed by atoms with van der Waals surface area (Å²) in [6, 6.07) is 2.43. The summed E-state index contributed by atoms with van der Waals surface area (Å²) in [5.41, 5.74) is -1.20. The first-order valence-corrected chi connectivity index (χ1v) is 6.45. The van der Waals surface area contributed by atoms with E-state index in [1.165, 1.54) is 0 Å². The highest BCUT2D eigenvalue weighted by Crippen LogP contribution is 2.31. The fourth-order valence-corrected chi connectivity index (χ4v) is 1.64. The van der Waals surface area contributed by atoms with Gasteiger partial charge in [0.25, 0.3) is 0 Å². The normalized spacial score (nSPS) is 14.9. The molecule has 0 radical (unpaired) electrons. The Morgan fingerprint density at radius 1 is 1.21 bits per heavy atom. The number of alkyl halides is 3. The van der Waals surface area contributed by atoms with Crippen molar-refractivity contribution < 1.29 is 22.1 Å². The second-order valence-corrected chi connectivity index (χ2v) is 6.77. The van der Waals surface area contributed by atoms with Gasteiger partial charge in [0.05, 0.1) is 11.8 Å². The summed E-state index contributed by atoms with van der Waals surface area (Å²) in [6.07, 6.45) is -3.63. The standard InChI is InChI=1S/C12H13F4NOS/c1-11(2,3)19(18)17-7-8-4-5-9(10(13)6-8)12(14,15)16/h4-7H,1-3H3/b17-7+. The van der Waals surface area contributed by atoms with Gasteiger partial charge in [0, 0.05) is 5.56 Å². The second kappa shape index (κ2) is 5.50. The molecule has 0 bridgehead atoms. The molecule has 0 saturated carbocycles. The molecule has 19 heavy (non-hydrogen) atoms. The van der Waals surface area contributed by atoms with Gasteiger partial charge in [-0.05, 0) is 32.9 Å². The molecule has 1 aromatic carbocycles. The number of halogens is 4. The van der Waals surface area contributed by atoms with Gasteiger partial charge in [-0.25, -0.2) is 4.39 Å². The molecular formula is C12H13F4NOS. The molecule has 7 heteroatoms. The number of benzene rings is 1. The van der Waals surface area contributed by atoms with Crippen LogP contribution in [0.4, 0.5) is 17.6 Å². The summed E-state index contributed by atoms with van der Waals surface area (Å²) in [5.74, 6) is -1.38. The maximum Gasteiger partial charge on any atom is 0.419 e. The minimum absolute atomic E-state index is 0.128. The Morgan fingerprint density at radius 2 is 1.79 bits per heavy atom. The summed E-state index contributed by atoms with van der Waals surface area (Å²) in [7, 11) is 0. The van der Waals surface area contributed by atoms with Crippen LogP contribution in [0.25, 0.3) is 0 Å². The summed E-state index contributed by atoms with van der Waals surface area (Å²) in [6.45, 7) is 5.11. The highest BCUT2D eigenvalue weighted by molar-refractivity contribution is 7.91. The van der Waals surface area contributed by atoms with Crippen LogP contribution < -0.4 is 0 Å². The smallest absolute Gasteiger partial charge is 0.419 e. The van der Waals surface area contributed by atoms with Crippen LogP contribution in [0, 0.1) is 5.82 Å². The summed E-state index contributed by atoms with van der Waals surface area (Å²) in [5, 5.41) is 0. The molecule has 2 nitrogen and oxygen atoms in total. The Hall–Kier alpha value is -1.08. The molecule has 0 aliphatic carbocycles. The van der Waals surface area contributed by atoms with Gasteiger partial charge in [-0.3, -0.25) is 0 Å². The summed E-state index contributed by atoms with van der Waals surface area (Å²) in [4.78, 5) is 0. The predicted molar refractivity (Wildman–Crippen MR) is 66.9 cm³/mol. The molecule has 0 amide bonds. The van der Waals surface area contributed by atoms with Crippen molar-refractivity contribution >= 4 is 17.6 Å². The lowest BCUT2D eigenvalue weighted by atomic mass is 10.1. The van der Waals surface area contributed by atoms with Gasteiger partial charge >= 0.3 is 6.18 Å². The second-order valence-electron chi connectivity index (χ2n) is 4.83. The lowest BCUT2D eigenvalue weighted by Crippen LogP contribution is -2.25. The fourth-order valence-electron chi connectivity index (χ4n) is 1.11. The van der Waals surface area contributed by atoms with E-state index < -0.39 is 33.7 Å². The minimum Gasteiger partial charge on any atom is -0.591 e. The van der Waals surface area contributed by atoms with E-state index in [0.717, 1.165) is 12.3 Å². The summed E-state index contributed by atoms with van der Waals surface area (Å²) >= 11 is -1.54. The maximum atomic E-state index is 13.2. The Bertz CT molecular complexity index is 480. The SMILES string of the molecule is CC(C)(C)[S+]([O-])/N=C/c1ccc(C(F)(F)F)c(F)c1. The van der Waals surface area contributed by atoms with Gasteiger partial charge in [0.2, 0.25) is 0 Å². The van der Waals surface area contributed by atoms with Gasteiger partial charge < -0.3 is 4.55 Å². The van der Waals surface area contributed by atoms with Crippen molar-refractivity contribution in [3.63, 3.8) is 0 Å². The van der Waals surface area contributed by atoms with Crippen molar-refractivity contribution in [2.45, 2.75) is 31.7 Å². The highest BCUT2D eigenvalue weighted by Gasteiger charge is 2.33. The van der Waals surface area contributed by atoms with Crippen molar-refractivity contribution in [3.8, 4) is 0 Å². The van der Waals surface area contributed by atoms with Crippen LogP contribution in [0.2, 0.25) is 0 Å². The van der Waals surface area contributed by atoms with Gasteiger partial charge in [0.15, 0.2) is 0 Å². The van der Waals surface area contributed by atoms with E-state index in [2.05, 4.69) is 4.40 Å². The van der Waals surface area contributed by atoms with E-state index in [1.807, 2.05) is 0 Å². The molecule has 1 unspecified atom stereocenters. The van der Waals surface area contributed by atoms with E-state index in [1.54, 1.807) is 20.8 Å². The van der Waals surface area contributed by atoms with Crippen molar-refractivity contribution in [1.29, 1.82) is 0 Å². The Morgan fingerprint density at radius 3 is 2.21 bits per heavy atom. The van der Waals surface area contributed by atoms with E-state index in [-0.39, 0.29) is 5.56 Å². The third kappa shape index (κ3) is 4.50.